The lowest BCUT2D eigenvalue weighted by Crippen LogP contribution is -2.34. The van der Waals surface area contributed by atoms with E-state index in [9.17, 15) is 10.1 Å². The minimum atomic E-state index is -0.406. The van der Waals surface area contributed by atoms with E-state index in [2.05, 4.69) is 21.1 Å². The van der Waals surface area contributed by atoms with E-state index in [0.29, 0.717) is 53.0 Å². The van der Waals surface area contributed by atoms with Crippen LogP contribution in [0.1, 0.15) is 49.6 Å². The maximum atomic E-state index is 11.0. The Morgan fingerprint density at radius 1 is 1.28 bits per heavy atom. The number of imidazole rings is 1. The first kappa shape index (κ1) is 24.7. The first-order valence-corrected chi connectivity index (χ1v) is 11.6. The minimum Gasteiger partial charge on any atom is -0.495 e. The van der Waals surface area contributed by atoms with Gasteiger partial charge in [0, 0.05) is 36.5 Å². The Morgan fingerprint density at radius 3 is 2.72 bits per heavy atom. The number of nitriles is 1. The van der Waals surface area contributed by atoms with Crippen molar-refractivity contribution in [3.63, 3.8) is 0 Å². The second-order valence-electron chi connectivity index (χ2n) is 8.51. The third-order valence-corrected chi connectivity index (χ3v) is 6.19. The number of nitrogens with zero attached hydrogens (tertiary/aromatic N) is 7. The van der Waals surface area contributed by atoms with Crippen molar-refractivity contribution < 1.29 is 14.3 Å². The van der Waals surface area contributed by atoms with Crippen molar-refractivity contribution in [2.45, 2.75) is 38.8 Å². The summed E-state index contributed by atoms with van der Waals surface area (Å²) in [7, 11) is 1.58. The largest absolute Gasteiger partial charge is 0.495 e. The van der Waals surface area contributed by atoms with Crippen LogP contribution in [0.2, 0.25) is 0 Å². The number of ether oxygens (including phenoxy) is 2. The fourth-order valence-corrected chi connectivity index (χ4v) is 4.23. The Hall–Kier alpha value is -4.46. The highest BCUT2D eigenvalue weighted by Gasteiger charge is 2.21. The summed E-state index contributed by atoms with van der Waals surface area (Å²) in [6, 6.07) is 7.65. The van der Waals surface area contributed by atoms with Crippen LogP contribution < -0.4 is 15.3 Å². The molecular formula is C25H28N8O3. The highest BCUT2D eigenvalue weighted by Crippen LogP contribution is 2.27. The van der Waals surface area contributed by atoms with Gasteiger partial charge < -0.3 is 20.2 Å². The lowest BCUT2D eigenvalue weighted by molar-refractivity contribution is -0.119. The summed E-state index contributed by atoms with van der Waals surface area (Å²) in [6.07, 6.45) is 6.83. The summed E-state index contributed by atoms with van der Waals surface area (Å²) in [5.74, 6) is 6.83. The van der Waals surface area contributed by atoms with Gasteiger partial charge in [0.05, 0.1) is 31.3 Å². The van der Waals surface area contributed by atoms with E-state index >= 15 is 0 Å². The van der Waals surface area contributed by atoms with Gasteiger partial charge in [0.25, 0.3) is 0 Å². The number of hydrazone groups is 1. The van der Waals surface area contributed by atoms with Gasteiger partial charge in [-0.05, 0) is 38.8 Å². The zero-order chi connectivity index (χ0) is 25.7. The Kier molecular flexibility index (Phi) is 7.44. The van der Waals surface area contributed by atoms with Gasteiger partial charge in [-0.2, -0.15) is 10.4 Å². The van der Waals surface area contributed by atoms with Crippen LogP contribution in [0.25, 0.3) is 5.65 Å². The van der Waals surface area contributed by atoms with E-state index in [4.69, 9.17) is 20.3 Å². The van der Waals surface area contributed by atoms with E-state index in [0.717, 1.165) is 24.8 Å². The highest BCUT2D eigenvalue weighted by atomic mass is 16.5. The number of likely N-dealkylation sites (tertiary alicyclic amines) is 1. The molecule has 11 heteroatoms. The average Bonchev–Trinajstić information content (AvgIpc) is 3.33. The van der Waals surface area contributed by atoms with Crippen LogP contribution in [0, 0.1) is 11.3 Å². The van der Waals surface area contributed by atoms with E-state index < -0.39 is 6.10 Å². The average molecular weight is 489 g/mol. The fourth-order valence-electron chi connectivity index (χ4n) is 4.23. The molecule has 1 aliphatic heterocycles. The van der Waals surface area contributed by atoms with Gasteiger partial charge in [-0.25, -0.2) is 4.98 Å². The van der Waals surface area contributed by atoms with E-state index in [1.54, 1.807) is 40.9 Å². The van der Waals surface area contributed by atoms with Gasteiger partial charge in [0.15, 0.2) is 0 Å². The molecule has 3 aromatic heterocycles. The molecule has 0 radical (unpaired) electrons. The molecule has 4 rings (SSSR count). The second-order valence-corrected chi connectivity index (χ2v) is 8.51. The maximum Gasteiger partial charge on any atom is 0.209 e. The molecule has 1 saturated heterocycles. The third-order valence-electron chi connectivity index (χ3n) is 6.19. The van der Waals surface area contributed by atoms with Gasteiger partial charge >= 0.3 is 0 Å². The number of piperidine rings is 1. The first-order valence-electron chi connectivity index (χ1n) is 11.6. The molecule has 2 N–H and O–H groups in total. The molecule has 1 fully saturated rings. The Morgan fingerprint density at radius 2 is 2.06 bits per heavy atom. The molecule has 4 heterocycles. The molecule has 3 aromatic rings. The molecule has 0 aromatic carbocycles. The van der Waals surface area contributed by atoms with Crippen molar-refractivity contribution >= 4 is 23.5 Å². The third kappa shape index (κ3) is 5.12. The quantitative estimate of drug-likeness (QED) is 0.222. The number of nitrogens with two attached hydrogens (primary N) is 1. The van der Waals surface area contributed by atoms with Crippen molar-refractivity contribution in [2.75, 3.05) is 20.2 Å². The van der Waals surface area contributed by atoms with Crippen LogP contribution in [0.5, 0.6) is 11.6 Å². The summed E-state index contributed by atoms with van der Waals surface area (Å²) in [4.78, 5) is 26.2. The van der Waals surface area contributed by atoms with Crippen molar-refractivity contribution in [1.82, 2.24) is 19.3 Å². The van der Waals surface area contributed by atoms with Crippen LogP contribution in [-0.4, -0.2) is 63.3 Å². The summed E-state index contributed by atoms with van der Waals surface area (Å²) in [5.41, 5.74) is 3.49. The summed E-state index contributed by atoms with van der Waals surface area (Å²) in [5, 5.41) is 13.6. The SMILES string of the molecule is COc1cncc(C(C)Oc2cc(/C(=N/N)C(C)=NC3CCN(C=O)CC3)cc3ncc(C#N)n23)c1. The number of aromatic nitrogens is 3. The zero-order valence-corrected chi connectivity index (χ0v) is 20.5. The Labute approximate surface area is 208 Å². The van der Waals surface area contributed by atoms with E-state index in [1.807, 2.05) is 19.9 Å². The van der Waals surface area contributed by atoms with Crippen molar-refractivity contribution in [1.29, 1.82) is 5.26 Å². The Bertz CT molecular complexity index is 1350. The molecule has 186 valence electrons. The number of methoxy groups -OCH3 is 1. The van der Waals surface area contributed by atoms with Gasteiger partial charge in [0.2, 0.25) is 12.3 Å². The van der Waals surface area contributed by atoms with Gasteiger partial charge in [-0.3, -0.25) is 19.2 Å². The number of rotatable bonds is 8. The summed E-state index contributed by atoms with van der Waals surface area (Å²) in [6.45, 7) is 5.09. The molecular weight excluding hydrogens is 460 g/mol. The molecule has 0 aliphatic carbocycles. The van der Waals surface area contributed by atoms with Gasteiger partial charge in [0.1, 0.15) is 35.0 Å². The number of amides is 1. The smallest absolute Gasteiger partial charge is 0.209 e. The molecule has 0 spiro atoms. The summed E-state index contributed by atoms with van der Waals surface area (Å²) >= 11 is 0. The van der Waals surface area contributed by atoms with Crippen molar-refractivity contribution in [3.05, 3.63) is 53.6 Å². The number of hydrogen-bond acceptors (Lipinski definition) is 9. The second kappa shape index (κ2) is 10.9. The maximum absolute atomic E-state index is 11.0. The molecule has 1 atom stereocenters. The molecule has 1 aliphatic rings. The molecule has 1 amide bonds. The zero-order valence-electron chi connectivity index (χ0n) is 20.5. The topological polar surface area (TPSA) is 143 Å². The molecule has 36 heavy (non-hydrogen) atoms. The van der Waals surface area contributed by atoms with Crippen LogP contribution in [0.15, 0.2) is 46.9 Å². The van der Waals surface area contributed by atoms with Crippen LogP contribution in [-0.2, 0) is 4.79 Å². The molecule has 1 unspecified atom stereocenters. The lowest BCUT2D eigenvalue weighted by atomic mass is 10.0. The van der Waals surface area contributed by atoms with Crippen LogP contribution in [0.3, 0.4) is 0 Å². The van der Waals surface area contributed by atoms with E-state index in [1.165, 1.54) is 6.20 Å². The number of carbonyl (C=O) groups is 1. The monoisotopic (exact) mass is 488 g/mol. The predicted octanol–water partition coefficient (Wildman–Crippen LogP) is 2.49. The minimum absolute atomic E-state index is 0.0783. The van der Waals surface area contributed by atoms with E-state index in [-0.39, 0.29) is 6.04 Å². The number of hydrogen-bond donors (Lipinski definition) is 1. The van der Waals surface area contributed by atoms with Crippen LogP contribution in [0.4, 0.5) is 0 Å². The molecule has 0 saturated carbocycles. The molecule has 0 bridgehead atoms. The van der Waals surface area contributed by atoms with Gasteiger partial charge in [-0.15, -0.1) is 0 Å². The van der Waals surface area contributed by atoms with Crippen LogP contribution >= 0.6 is 0 Å². The van der Waals surface area contributed by atoms with Gasteiger partial charge in [-0.1, -0.05) is 0 Å². The number of carbonyl (C=O) groups excluding carboxylic acids is 1. The summed E-state index contributed by atoms with van der Waals surface area (Å²) < 4.78 is 13.2. The highest BCUT2D eigenvalue weighted by molar-refractivity contribution is 6.47. The standard InChI is InChI=1S/C25H28N8O3/c1-16(30-20-4-6-32(15-34)7-5-20)25(31-27)18-9-23-29-13-21(11-26)33(23)24(10-18)36-17(2)19-8-22(35-3)14-28-12-19/h8-10,12-15,17,20H,4-7,27H2,1-3H3/b30-16?,31-25+. The number of pyridine rings is 2. The van der Waals surface area contributed by atoms with Crippen molar-refractivity contribution in [2.24, 2.45) is 15.9 Å². The normalized spacial score (nSPS) is 16.0. The number of aliphatic imine (C=N–C) groups is 1. The fraction of sp³-hybridized carbons (Fsp3) is 0.360. The predicted molar refractivity (Wildman–Crippen MR) is 134 cm³/mol. The first-order chi connectivity index (χ1) is 17.5. The van der Waals surface area contributed by atoms with Crippen molar-refractivity contribution in [3.8, 4) is 17.7 Å². The molecule has 11 nitrogen and oxygen atoms in total. The lowest BCUT2D eigenvalue weighted by Gasteiger charge is -2.27. The number of fused-ring (bicyclic) bond motifs is 1. The Balaban J connectivity index is 1.69.